The van der Waals surface area contributed by atoms with E-state index in [1.807, 2.05) is 42.5 Å². The van der Waals surface area contributed by atoms with Crippen LogP contribution in [0, 0.1) is 11.3 Å². The number of nitriles is 1. The molecule has 0 heterocycles. The minimum absolute atomic E-state index is 0.189. The van der Waals surface area contributed by atoms with Gasteiger partial charge in [0.2, 0.25) is 5.91 Å². The zero-order valence-corrected chi connectivity index (χ0v) is 12.4. The van der Waals surface area contributed by atoms with Gasteiger partial charge in [0, 0.05) is 17.1 Å². The number of carbonyl (C=O) groups excluding carboxylic acids is 1. The highest BCUT2D eigenvalue weighted by Gasteiger charge is 2.02. The summed E-state index contributed by atoms with van der Waals surface area (Å²) in [5.41, 5.74) is 2.26. The van der Waals surface area contributed by atoms with E-state index in [1.54, 1.807) is 30.3 Å². The Kier molecular flexibility index (Phi) is 4.17. The van der Waals surface area contributed by atoms with Crippen LogP contribution < -0.4 is 5.32 Å². The molecule has 0 saturated carbocycles. The second-order valence-corrected chi connectivity index (χ2v) is 5.08. The summed E-state index contributed by atoms with van der Waals surface area (Å²) in [7, 11) is 0. The molecule has 0 aromatic heterocycles. The van der Waals surface area contributed by atoms with Crippen LogP contribution in [0.25, 0.3) is 16.8 Å². The number of amides is 1. The lowest BCUT2D eigenvalue weighted by Gasteiger charge is -2.06. The minimum atomic E-state index is -0.189. The van der Waals surface area contributed by atoms with Crippen LogP contribution >= 0.6 is 0 Å². The maximum atomic E-state index is 12.1. The van der Waals surface area contributed by atoms with Crippen LogP contribution in [0.1, 0.15) is 11.1 Å². The van der Waals surface area contributed by atoms with Crippen LogP contribution in [-0.2, 0) is 4.79 Å². The summed E-state index contributed by atoms with van der Waals surface area (Å²) in [4.78, 5) is 12.1. The molecule has 0 saturated heterocycles. The van der Waals surface area contributed by atoms with Crippen LogP contribution in [0.3, 0.4) is 0 Å². The molecule has 1 N–H and O–H groups in total. The summed E-state index contributed by atoms with van der Waals surface area (Å²) in [5, 5.41) is 13.8. The third-order valence-electron chi connectivity index (χ3n) is 3.51. The average Bonchev–Trinajstić information content (AvgIpc) is 2.61. The van der Waals surface area contributed by atoms with E-state index in [-0.39, 0.29) is 5.91 Å². The molecule has 0 aliphatic rings. The van der Waals surface area contributed by atoms with E-state index in [2.05, 4.69) is 11.4 Å². The molecule has 0 spiro atoms. The van der Waals surface area contributed by atoms with Crippen molar-refractivity contribution in [3.8, 4) is 6.07 Å². The molecule has 1 amide bonds. The van der Waals surface area contributed by atoms with Gasteiger partial charge >= 0.3 is 0 Å². The average molecular weight is 298 g/mol. The van der Waals surface area contributed by atoms with Crippen LogP contribution in [0.5, 0.6) is 0 Å². The molecule has 0 radical (unpaired) electrons. The molecule has 3 nitrogen and oxygen atoms in total. The fraction of sp³-hybridized carbons (Fsp3) is 0. The van der Waals surface area contributed by atoms with E-state index in [0.717, 1.165) is 22.0 Å². The Labute approximate surface area is 134 Å². The summed E-state index contributed by atoms with van der Waals surface area (Å²) >= 11 is 0. The first kappa shape index (κ1) is 14.6. The number of nitrogens with one attached hydrogen (secondary N) is 1. The number of carbonyl (C=O) groups is 1. The van der Waals surface area contributed by atoms with E-state index in [9.17, 15) is 4.79 Å². The van der Waals surface area contributed by atoms with Crippen LogP contribution in [0.4, 0.5) is 5.69 Å². The van der Waals surface area contributed by atoms with Gasteiger partial charge in [0.1, 0.15) is 0 Å². The highest BCUT2D eigenvalue weighted by Crippen LogP contribution is 2.22. The van der Waals surface area contributed by atoms with Crippen molar-refractivity contribution in [1.29, 1.82) is 5.26 Å². The highest BCUT2D eigenvalue weighted by atomic mass is 16.1. The lowest BCUT2D eigenvalue weighted by molar-refractivity contribution is -0.111. The van der Waals surface area contributed by atoms with Crippen LogP contribution in [0.2, 0.25) is 0 Å². The van der Waals surface area contributed by atoms with Gasteiger partial charge in [0.15, 0.2) is 0 Å². The first-order valence-corrected chi connectivity index (χ1v) is 7.23. The molecule has 3 rings (SSSR count). The van der Waals surface area contributed by atoms with Crippen molar-refractivity contribution >= 4 is 28.4 Å². The summed E-state index contributed by atoms with van der Waals surface area (Å²) in [5.74, 6) is -0.189. The van der Waals surface area contributed by atoms with Crippen LogP contribution in [0.15, 0.2) is 72.8 Å². The van der Waals surface area contributed by atoms with Crippen molar-refractivity contribution in [3.05, 3.63) is 83.9 Å². The van der Waals surface area contributed by atoms with Gasteiger partial charge in [-0.05, 0) is 35.2 Å². The lowest BCUT2D eigenvalue weighted by Crippen LogP contribution is -2.07. The summed E-state index contributed by atoms with van der Waals surface area (Å²) in [6, 6.07) is 22.9. The molecule has 110 valence electrons. The topological polar surface area (TPSA) is 52.9 Å². The van der Waals surface area contributed by atoms with Crippen molar-refractivity contribution < 1.29 is 4.79 Å². The van der Waals surface area contributed by atoms with Gasteiger partial charge in [0.05, 0.1) is 11.6 Å². The Hall–Kier alpha value is -3.38. The highest BCUT2D eigenvalue weighted by molar-refractivity contribution is 6.07. The minimum Gasteiger partial charge on any atom is -0.322 e. The van der Waals surface area contributed by atoms with E-state index in [4.69, 9.17) is 5.26 Å². The second kappa shape index (κ2) is 6.59. The Bertz CT molecular complexity index is 913. The standard InChI is InChI=1S/C20H14N2O/c21-14-16-10-8-15(9-11-16)12-13-20(23)22-19-7-3-5-17-4-1-2-6-18(17)19/h1-13H,(H,22,23)/b13-12+. The van der Waals surface area contributed by atoms with Crippen LogP contribution in [-0.4, -0.2) is 5.91 Å². The number of anilines is 1. The number of rotatable bonds is 3. The van der Waals surface area contributed by atoms with Gasteiger partial charge in [0.25, 0.3) is 0 Å². The molecule has 23 heavy (non-hydrogen) atoms. The summed E-state index contributed by atoms with van der Waals surface area (Å²) in [6.07, 6.45) is 3.21. The first-order valence-electron chi connectivity index (χ1n) is 7.23. The molecular formula is C20H14N2O. The van der Waals surface area contributed by atoms with E-state index in [0.29, 0.717) is 5.56 Å². The van der Waals surface area contributed by atoms with Gasteiger partial charge in [-0.25, -0.2) is 0 Å². The SMILES string of the molecule is N#Cc1ccc(/C=C/C(=O)Nc2cccc3ccccc23)cc1. The maximum Gasteiger partial charge on any atom is 0.248 e. The smallest absolute Gasteiger partial charge is 0.248 e. The molecule has 0 fully saturated rings. The van der Waals surface area contributed by atoms with Gasteiger partial charge in [-0.1, -0.05) is 48.5 Å². The van der Waals surface area contributed by atoms with E-state index in [1.165, 1.54) is 6.08 Å². The Morgan fingerprint density at radius 2 is 1.70 bits per heavy atom. The molecule has 0 bridgehead atoms. The van der Waals surface area contributed by atoms with Crippen molar-refractivity contribution in [2.75, 3.05) is 5.32 Å². The molecule has 0 aliphatic carbocycles. The molecular weight excluding hydrogens is 284 g/mol. The van der Waals surface area contributed by atoms with Gasteiger partial charge in [-0.3, -0.25) is 4.79 Å². The zero-order valence-electron chi connectivity index (χ0n) is 12.4. The number of fused-ring (bicyclic) bond motifs is 1. The van der Waals surface area contributed by atoms with Gasteiger partial charge in [-0.15, -0.1) is 0 Å². The van der Waals surface area contributed by atoms with E-state index >= 15 is 0 Å². The van der Waals surface area contributed by atoms with Gasteiger partial charge in [-0.2, -0.15) is 5.26 Å². The number of hydrogen-bond acceptors (Lipinski definition) is 2. The Morgan fingerprint density at radius 1 is 0.957 bits per heavy atom. The van der Waals surface area contributed by atoms with Crippen molar-refractivity contribution in [2.45, 2.75) is 0 Å². The summed E-state index contributed by atoms with van der Waals surface area (Å²) < 4.78 is 0. The van der Waals surface area contributed by atoms with Crippen molar-refractivity contribution in [2.24, 2.45) is 0 Å². The molecule has 3 aromatic rings. The Morgan fingerprint density at radius 3 is 2.48 bits per heavy atom. The van der Waals surface area contributed by atoms with Crippen molar-refractivity contribution in [1.82, 2.24) is 0 Å². The quantitative estimate of drug-likeness (QED) is 0.730. The third kappa shape index (κ3) is 3.45. The molecule has 0 unspecified atom stereocenters. The number of benzene rings is 3. The van der Waals surface area contributed by atoms with Crippen molar-refractivity contribution in [3.63, 3.8) is 0 Å². The lowest BCUT2D eigenvalue weighted by atomic mass is 10.1. The molecule has 3 aromatic carbocycles. The Balaban J connectivity index is 1.75. The van der Waals surface area contributed by atoms with Gasteiger partial charge < -0.3 is 5.32 Å². The number of nitrogens with zero attached hydrogens (tertiary/aromatic N) is 1. The number of hydrogen-bond donors (Lipinski definition) is 1. The predicted octanol–water partition coefficient (Wildman–Crippen LogP) is 4.36. The largest absolute Gasteiger partial charge is 0.322 e. The summed E-state index contributed by atoms with van der Waals surface area (Å²) in [6.45, 7) is 0. The molecule has 0 aliphatic heterocycles. The zero-order chi connectivity index (χ0) is 16.1. The third-order valence-corrected chi connectivity index (χ3v) is 3.51. The first-order chi connectivity index (χ1) is 11.3. The second-order valence-electron chi connectivity index (χ2n) is 5.08. The monoisotopic (exact) mass is 298 g/mol. The maximum absolute atomic E-state index is 12.1. The normalized spacial score (nSPS) is 10.6. The van der Waals surface area contributed by atoms with E-state index < -0.39 is 0 Å². The molecule has 3 heteroatoms. The molecule has 0 atom stereocenters. The fourth-order valence-corrected chi connectivity index (χ4v) is 2.35. The predicted molar refractivity (Wildman–Crippen MR) is 92.8 cm³/mol. The fourth-order valence-electron chi connectivity index (χ4n) is 2.35.